The Balaban J connectivity index is 3.37. The quantitative estimate of drug-likeness (QED) is 0.559. The highest BCUT2D eigenvalue weighted by atomic mass is 16.3. The van der Waals surface area contributed by atoms with Crippen LogP contribution in [0.4, 0.5) is 0 Å². The van der Waals surface area contributed by atoms with Crippen molar-refractivity contribution >= 4 is 0 Å². The van der Waals surface area contributed by atoms with E-state index in [4.69, 9.17) is 10.4 Å². The fourth-order valence-electron chi connectivity index (χ4n) is 0.777. The highest BCUT2D eigenvalue weighted by Gasteiger charge is 2.09. The number of rotatable bonds is 0. The van der Waals surface area contributed by atoms with Gasteiger partial charge in [0, 0.05) is 7.05 Å². The third-order valence-electron chi connectivity index (χ3n) is 1.30. The zero-order valence-electron chi connectivity index (χ0n) is 5.79. The summed E-state index contributed by atoms with van der Waals surface area (Å²) in [6.07, 6.45) is 0. The summed E-state index contributed by atoms with van der Waals surface area (Å²) in [5.41, 5.74) is 0.810. The van der Waals surface area contributed by atoms with Gasteiger partial charge in [0.2, 0.25) is 5.88 Å². The molecule has 0 saturated heterocycles. The van der Waals surface area contributed by atoms with Gasteiger partial charge in [-0.3, -0.25) is 0 Å². The van der Waals surface area contributed by atoms with E-state index in [2.05, 4.69) is 5.10 Å². The number of hydrogen-bond acceptors (Lipinski definition) is 3. The SMILES string of the molecule is Cc1nn(C)c(O)c1C#N. The van der Waals surface area contributed by atoms with Gasteiger partial charge >= 0.3 is 0 Å². The van der Waals surface area contributed by atoms with E-state index in [1.807, 2.05) is 6.07 Å². The molecule has 0 aliphatic heterocycles. The van der Waals surface area contributed by atoms with Crippen LogP contribution in [0.15, 0.2) is 0 Å². The second-order valence-corrected chi connectivity index (χ2v) is 2.02. The molecule has 0 saturated carbocycles. The van der Waals surface area contributed by atoms with E-state index < -0.39 is 0 Å². The molecule has 0 aliphatic rings. The molecule has 10 heavy (non-hydrogen) atoms. The van der Waals surface area contributed by atoms with Crippen molar-refractivity contribution < 1.29 is 5.11 Å². The van der Waals surface area contributed by atoms with Crippen LogP contribution < -0.4 is 0 Å². The Morgan fingerprint density at radius 1 is 1.70 bits per heavy atom. The van der Waals surface area contributed by atoms with Crippen molar-refractivity contribution in [2.45, 2.75) is 6.92 Å². The summed E-state index contributed by atoms with van der Waals surface area (Å²) in [4.78, 5) is 0. The van der Waals surface area contributed by atoms with E-state index in [0.717, 1.165) is 0 Å². The topological polar surface area (TPSA) is 61.8 Å². The predicted octanol–water partition coefficient (Wildman–Crippen LogP) is 0.306. The molecule has 0 bridgehead atoms. The molecule has 0 spiro atoms. The molecule has 1 rings (SSSR count). The van der Waals surface area contributed by atoms with Gasteiger partial charge in [0.1, 0.15) is 11.6 Å². The summed E-state index contributed by atoms with van der Waals surface area (Å²) >= 11 is 0. The first-order valence-electron chi connectivity index (χ1n) is 2.79. The number of nitriles is 1. The van der Waals surface area contributed by atoms with Crippen LogP contribution in [0.5, 0.6) is 5.88 Å². The van der Waals surface area contributed by atoms with Gasteiger partial charge in [0.25, 0.3) is 0 Å². The fourth-order valence-corrected chi connectivity index (χ4v) is 0.777. The number of aromatic nitrogens is 2. The second-order valence-electron chi connectivity index (χ2n) is 2.02. The summed E-state index contributed by atoms with van der Waals surface area (Å²) in [7, 11) is 1.59. The van der Waals surface area contributed by atoms with Crippen LogP contribution >= 0.6 is 0 Å². The predicted molar refractivity (Wildman–Crippen MR) is 34.3 cm³/mol. The lowest BCUT2D eigenvalue weighted by Gasteiger charge is -1.87. The van der Waals surface area contributed by atoms with Gasteiger partial charge in [-0.2, -0.15) is 10.4 Å². The van der Waals surface area contributed by atoms with Crippen molar-refractivity contribution in [1.29, 1.82) is 5.26 Å². The van der Waals surface area contributed by atoms with Gasteiger partial charge in [0.15, 0.2) is 0 Å². The Labute approximate surface area is 58.3 Å². The van der Waals surface area contributed by atoms with E-state index >= 15 is 0 Å². The molecule has 0 unspecified atom stereocenters. The third kappa shape index (κ3) is 0.722. The average molecular weight is 137 g/mol. The van der Waals surface area contributed by atoms with Crippen LogP contribution in [0.1, 0.15) is 11.3 Å². The van der Waals surface area contributed by atoms with E-state index in [9.17, 15) is 0 Å². The number of nitrogens with zero attached hydrogens (tertiary/aromatic N) is 3. The van der Waals surface area contributed by atoms with E-state index in [-0.39, 0.29) is 11.4 Å². The molecule has 1 aromatic rings. The smallest absolute Gasteiger partial charge is 0.227 e. The lowest BCUT2D eigenvalue weighted by Crippen LogP contribution is -1.88. The van der Waals surface area contributed by atoms with Gasteiger partial charge in [-0.15, -0.1) is 0 Å². The first-order chi connectivity index (χ1) is 4.66. The van der Waals surface area contributed by atoms with Crippen molar-refractivity contribution in [1.82, 2.24) is 9.78 Å². The van der Waals surface area contributed by atoms with Crippen LogP contribution in [-0.2, 0) is 7.05 Å². The molecule has 1 aromatic heterocycles. The van der Waals surface area contributed by atoms with Crippen molar-refractivity contribution in [3.63, 3.8) is 0 Å². The summed E-state index contributed by atoms with van der Waals surface area (Å²) in [5.74, 6) is -0.0694. The van der Waals surface area contributed by atoms with Crippen LogP contribution in [0.25, 0.3) is 0 Å². The van der Waals surface area contributed by atoms with Gasteiger partial charge in [-0.05, 0) is 6.92 Å². The zero-order valence-corrected chi connectivity index (χ0v) is 5.79. The molecule has 1 N–H and O–H groups in total. The second kappa shape index (κ2) is 2.03. The average Bonchev–Trinajstić information content (AvgIpc) is 2.09. The van der Waals surface area contributed by atoms with Crippen molar-refractivity contribution in [3.8, 4) is 11.9 Å². The molecule has 0 fully saturated rings. The van der Waals surface area contributed by atoms with Crippen molar-refractivity contribution in [3.05, 3.63) is 11.3 Å². The molecule has 52 valence electrons. The third-order valence-corrected chi connectivity index (χ3v) is 1.30. The summed E-state index contributed by atoms with van der Waals surface area (Å²) in [6.45, 7) is 1.68. The van der Waals surface area contributed by atoms with Crippen LogP contribution in [-0.4, -0.2) is 14.9 Å². The minimum absolute atomic E-state index is 0.0694. The Hall–Kier alpha value is -1.50. The standard InChI is InChI=1S/C6H7N3O/c1-4-5(3-7)6(10)9(2)8-4/h10H,1-2H3. The fraction of sp³-hybridized carbons (Fsp3) is 0.333. The monoisotopic (exact) mass is 137 g/mol. The molecule has 0 radical (unpaired) electrons. The van der Waals surface area contributed by atoms with Crippen LogP contribution in [0.3, 0.4) is 0 Å². The maximum Gasteiger partial charge on any atom is 0.227 e. The van der Waals surface area contributed by atoms with Gasteiger partial charge in [-0.25, -0.2) is 4.68 Å². The molecular weight excluding hydrogens is 130 g/mol. The van der Waals surface area contributed by atoms with Crippen LogP contribution in [0, 0.1) is 18.3 Å². The number of aryl methyl sites for hydroxylation is 2. The van der Waals surface area contributed by atoms with E-state index in [0.29, 0.717) is 5.69 Å². The van der Waals surface area contributed by atoms with E-state index in [1.54, 1.807) is 14.0 Å². The van der Waals surface area contributed by atoms with Gasteiger partial charge in [0.05, 0.1) is 5.69 Å². The molecule has 0 atom stereocenters. The zero-order chi connectivity index (χ0) is 7.72. The summed E-state index contributed by atoms with van der Waals surface area (Å²) in [5, 5.41) is 21.4. The molecule has 0 amide bonds. The minimum atomic E-state index is -0.0694. The Morgan fingerprint density at radius 2 is 2.30 bits per heavy atom. The molecule has 0 aromatic carbocycles. The van der Waals surface area contributed by atoms with Crippen LogP contribution in [0.2, 0.25) is 0 Å². The number of aromatic hydroxyl groups is 1. The Bertz CT molecular complexity index is 295. The van der Waals surface area contributed by atoms with Crippen molar-refractivity contribution in [2.75, 3.05) is 0 Å². The maximum atomic E-state index is 9.10. The minimum Gasteiger partial charge on any atom is -0.492 e. The largest absolute Gasteiger partial charge is 0.492 e. The molecule has 1 heterocycles. The molecule has 0 aliphatic carbocycles. The van der Waals surface area contributed by atoms with Gasteiger partial charge in [-0.1, -0.05) is 0 Å². The van der Waals surface area contributed by atoms with E-state index in [1.165, 1.54) is 4.68 Å². The first kappa shape index (κ1) is 6.62. The lowest BCUT2D eigenvalue weighted by molar-refractivity contribution is 0.418. The summed E-state index contributed by atoms with van der Waals surface area (Å²) in [6, 6.07) is 1.85. The highest BCUT2D eigenvalue weighted by Crippen LogP contribution is 2.16. The Kier molecular flexibility index (Phi) is 1.34. The van der Waals surface area contributed by atoms with Gasteiger partial charge < -0.3 is 5.11 Å². The molecule has 4 nitrogen and oxygen atoms in total. The molecule has 4 heteroatoms. The van der Waals surface area contributed by atoms with Crippen molar-refractivity contribution in [2.24, 2.45) is 7.05 Å². The maximum absolute atomic E-state index is 9.10. The lowest BCUT2D eigenvalue weighted by atomic mass is 10.3. The molecular formula is C6H7N3O. The summed E-state index contributed by atoms with van der Waals surface area (Å²) < 4.78 is 1.27. The Morgan fingerprint density at radius 3 is 2.50 bits per heavy atom. The normalized spacial score (nSPS) is 9.30. The highest BCUT2D eigenvalue weighted by molar-refractivity contribution is 5.40. The first-order valence-corrected chi connectivity index (χ1v) is 2.79. The number of hydrogen-bond donors (Lipinski definition) is 1.